The lowest BCUT2D eigenvalue weighted by molar-refractivity contribution is 0.127. The average molecular weight is 193 g/mol. The number of nitrogens with one attached hydrogen (secondary N) is 1. The standard InChI is InChI=1S/C12H16FN/c1-8-6-9(13)4-5-10(8)11-12(2,3)7-14-11/h4-6,11,14H,7H2,1-3H3. The first-order chi connectivity index (χ1) is 6.50. The van der Waals surface area contributed by atoms with Crippen molar-refractivity contribution in [1.29, 1.82) is 0 Å². The molecule has 0 radical (unpaired) electrons. The van der Waals surface area contributed by atoms with Gasteiger partial charge in [0.05, 0.1) is 0 Å². The first-order valence-corrected chi connectivity index (χ1v) is 5.00. The van der Waals surface area contributed by atoms with Gasteiger partial charge in [0, 0.05) is 12.6 Å². The molecular formula is C12H16FN. The fraction of sp³-hybridized carbons (Fsp3) is 0.500. The number of benzene rings is 1. The molecule has 1 aromatic rings. The molecule has 1 aliphatic rings. The molecule has 1 aromatic carbocycles. The van der Waals surface area contributed by atoms with Crippen LogP contribution in [-0.2, 0) is 0 Å². The molecule has 1 atom stereocenters. The molecule has 2 rings (SSSR count). The Kier molecular flexibility index (Phi) is 2.11. The predicted octanol–water partition coefficient (Wildman–Crippen LogP) is 2.80. The second-order valence-corrected chi connectivity index (χ2v) is 4.80. The Morgan fingerprint density at radius 1 is 1.43 bits per heavy atom. The summed E-state index contributed by atoms with van der Waals surface area (Å²) in [4.78, 5) is 0. The van der Waals surface area contributed by atoms with Crippen molar-refractivity contribution in [3.8, 4) is 0 Å². The quantitative estimate of drug-likeness (QED) is 0.723. The van der Waals surface area contributed by atoms with Gasteiger partial charge in [-0.05, 0) is 35.6 Å². The molecular weight excluding hydrogens is 177 g/mol. The van der Waals surface area contributed by atoms with Gasteiger partial charge in [-0.1, -0.05) is 19.9 Å². The minimum Gasteiger partial charge on any atom is -0.309 e. The van der Waals surface area contributed by atoms with E-state index in [9.17, 15) is 4.39 Å². The zero-order chi connectivity index (χ0) is 10.3. The molecule has 0 amide bonds. The molecule has 0 aromatic heterocycles. The molecule has 1 fully saturated rings. The van der Waals surface area contributed by atoms with Crippen LogP contribution in [0.1, 0.15) is 31.0 Å². The first kappa shape index (κ1) is 9.66. The summed E-state index contributed by atoms with van der Waals surface area (Å²) >= 11 is 0. The Morgan fingerprint density at radius 2 is 2.14 bits per heavy atom. The van der Waals surface area contributed by atoms with Gasteiger partial charge in [-0.3, -0.25) is 0 Å². The van der Waals surface area contributed by atoms with Gasteiger partial charge in [0.25, 0.3) is 0 Å². The monoisotopic (exact) mass is 193 g/mol. The molecule has 1 nitrogen and oxygen atoms in total. The third-order valence-corrected chi connectivity index (χ3v) is 3.09. The summed E-state index contributed by atoms with van der Waals surface area (Å²) < 4.78 is 12.9. The van der Waals surface area contributed by atoms with E-state index in [0.717, 1.165) is 12.1 Å². The van der Waals surface area contributed by atoms with Gasteiger partial charge < -0.3 is 5.32 Å². The van der Waals surface area contributed by atoms with Crippen molar-refractivity contribution in [3.05, 3.63) is 35.1 Å². The smallest absolute Gasteiger partial charge is 0.123 e. The summed E-state index contributed by atoms with van der Waals surface area (Å²) in [6.45, 7) is 7.47. The fourth-order valence-corrected chi connectivity index (χ4v) is 2.11. The highest BCUT2D eigenvalue weighted by atomic mass is 19.1. The SMILES string of the molecule is Cc1cc(F)ccc1C1NCC1(C)C. The normalized spacial score (nSPS) is 24.4. The maximum Gasteiger partial charge on any atom is 0.123 e. The Bertz CT molecular complexity index is 357. The number of hydrogen-bond acceptors (Lipinski definition) is 1. The van der Waals surface area contributed by atoms with Crippen molar-refractivity contribution < 1.29 is 4.39 Å². The van der Waals surface area contributed by atoms with E-state index in [-0.39, 0.29) is 5.82 Å². The first-order valence-electron chi connectivity index (χ1n) is 5.00. The van der Waals surface area contributed by atoms with Crippen LogP contribution in [0.5, 0.6) is 0 Å². The van der Waals surface area contributed by atoms with E-state index in [1.54, 1.807) is 12.1 Å². The van der Waals surface area contributed by atoms with Crippen molar-refractivity contribution in [3.63, 3.8) is 0 Å². The zero-order valence-corrected chi connectivity index (χ0v) is 8.89. The molecule has 0 saturated carbocycles. The molecule has 14 heavy (non-hydrogen) atoms. The highest BCUT2D eigenvalue weighted by Gasteiger charge is 2.39. The van der Waals surface area contributed by atoms with Gasteiger partial charge in [0.2, 0.25) is 0 Å². The molecule has 0 bridgehead atoms. The van der Waals surface area contributed by atoms with Crippen LogP contribution < -0.4 is 5.32 Å². The lowest BCUT2D eigenvalue weighted by Gasteiger charge is -2.46. The Balaban J connectivity index is 2.33. The molecule has 2 heteroatoms. The van der Waals surface area contributed by atoms with E-state index in [1.807, 2.05) is 13.0 Å². The van der Waals surface area contributed by atoms with Gasteiger partial charge in [0.15, 0.2) is 0 Å². The van der Waals surface area contributed by atoms with Crippen molar-refractivity contribution in [1.82, 2.24) is 5.32 Å². The van der Waals surface area contributed by atoms with Gasteiger partial charge in [-0.25, -0.2) is 4.39 Å². The summed E-state index contributed by atoms with van der Waals surface area (Å²) in [5.74, 6) is -0.150. The van der Waals surface area contributed by atoms with Crippen molar-refractivity contribution in [2.24, 2.45) is 5.41 Å². The highest BCUT2D eigenvalue weighted by molar-refractivity contribution is 5.32. The highest BCUT2D eigenvalue weighted by Crippen LogP contribution is 2.41. The van der Waals surface area contributed by atoms with E-state index in [0.29, 0.717) is 11.5 Å². The third-order valence-electron chi connectivity index (χ3n) is 3.09. The topological polar surface area (TPSA) is 12.0 Å². The second-order valence-electron chi connectivity index (χ2n) is 4.80. The number of halogens is 1. The molecule has 76 valence electrons. The molecule has 1 saturated heterocycles. The van der Waals surface area contributed by atoms with E-state index in [1.165, 1.54) is 5.56 Å². The minimum atomic E-state index is -0.150. The van der Waals surface area contributed by atoms with Crippen LogP contribution in [0.2, 0.25) is 0 Å². The molecule has 1 N–H and O–H groups in total. The van der Waals surface area contributed by atoms with Crippen LogP contribution >= 0.6 is 0 Å². The average Bonchev–Trinajstić information content (AvgIpc) is 2.08. The van der Waals surface area contributed by atoms with Crippen LogP contribution in [0.25, 0.3) is 0 Å². The lowest BCUT2D eigenvalue weighted by Crippen LogP contribution is -2.52. The molecule has 0 aliphatic carbocycles. The fourth-order valence-electron chi connectivity index (χ4n) is 2.11. The number of rotatable bonds is 1. The maximum absolute atomic E-state index is 12.9. The van der Waals surface area contributed by atoms with Gasteiger partial charge >= 0.3 is 0 Å². The molecule has 1 heterocycles. The van der Waals surface area contributed by atoms with Crippen molar-refractivity contribution in [2.45, 2.75) is 26.8 Å². The molecule has 1 unspecified atom stereocenters. The summed E-state index contributed by atoms with van der Waals surface area (Å²) in [5, 5.41) is 3.39. The predicted molar refractivity (Wildman–Crippen MR) is 55.7 cm³/mol. The van der Waals surface area contributed by atoms with Crippen LogP contribution in [0.4, 0.5) is 4.39 Å². The molecule has 0 spiro atoms. The summed E-state index contributed by atoms with van der Waals surface area (Å²) in [6.07, 6.45) is 0. The second kappa shape index (κ2) is 3.06. The third kappa shape index (κ3) is 1.44. The van der Waals surface area contributed by atoms with E-state index < -0.39 is 0 Å². The van der Waals surface area contributed by atoms with Gasteiger partial charge in [-0.15, -0.1) is 0 Å². The van der Waals surface area contributed by atoms with Crippen molar-refractivity contribution in [2.75, 3.05) is 6.54 Å². The van der Waals surface area contributed by atoms with Gasteiger partial charge in [0.1, 0.15) is 5.82 Å². The van der Waals surface area contributed by atoms with Crippen molar-refractivity contribution >= 4 is 0 Å². The Labute approximate surface area is 84.3 Å². The van der Waals surface area contributed by atoms with Crippen LogP contribution in [-0.4, -0.2) is 6.54 Å². The Morgan fingerprint density at radius 3 is 2.57 bits per heavy atom. The number of hydrogen-bond donors (Lipinski definition) is 1. The van der Waals surface area contributed by atoms with Crippen LogP contribution in [0, 0.1) is 18.2 Å². The van der Waals surface area contributed by atoms with E-state index in [4.69, 9.17) is 0 Å². The molecule has 1 aliphatic heterocycles. The summed E-state index contributed by atoms with van der Waals surface area (Å²) in [5.41, 5.74) is 2.56. The van der Waals surface area contributed by atoms with E-state index in [2.05, 4.69) is 19.2 Å². The Hall–Kier alpha value is -0.890. The number of aryl methyl sites for hydroxylation is 1. The lowest BCUT2D eigenvalue weighted by atomic mass is 9.73. The van der Waals surface area contributed by atoms with E-state index >= 15 is 0 Å². The largest absolute Gasteiger partial charge is 0.309 e. The minimum absolute atomic E-state index is 0.150. The van der Waals surface area contributed by atoms with Crippen LogP contribution in [0.15, 0.2) is 18.2 Å². The summed E-state index contributed by atoms with van der Waals surface area (Å²) in [7, 11) is 0. The van der Waals surface area contributed by atoms with Crippen LogP contribution in [0.3, 0.4) is 0 Å². The summed E-state index contributed by atoms with van der Waals surface area (Å²) in [6, 6.07) is 5.41. The maximum atomic E-state index is 12.9. The van der Waals surface area contributed by atoms with Gasteiger partial charge in [-0.2, -0.15) is 0 Å². The zero-order valence-electron chi connectivity index (χ0n) is 8.89.